The fourth-order valence-electron chi connectivity index (χ4n) is 3.30. The van der Waals surface area contributed by atoms with Crippen molar-refractivity contribution < 1.29 is 4.74 Å². The summed E-state index contributed by atoms with van der Waals surface area (Å²) in [5.41, 5.74) is 2.17. The molecule has 21 heavy (non-hydrogen) atoms. The SMILES string of the molecule is COC=CCCC[C@H]1CC[C@H](c2ccc(C#N)cc2)CC1. The number of unbranched alkanes of at least 4 members (excludes halogenated alkanes) is 1. The van der Waals surface area contributed by atoms with Crippen LogP contribution < -0.4 is 0 Å². The van der Waals surface area contributed by atoms with E-state index in [1.165, 1.54) is 44.1 Å². The highest BCUT2D eigenvalue weighted by molar-refractivity contribution is 5.33. The molecule has 1 aliphatic rings. The number of hydrogen-bond acceptors (Lipinski definition) is 2. The Morgan fingerprint density at radius 3 is 2.52 bits per heavy atom. The predicted octanol–water partition coefficient (Wildman–Crippen LogP) is 5.16. The molecule has 0 N–H and O–H groups in total. The number of nitriles is 1. The lowest BCUT2D eigenvalue weighted by atomic mass is 9.77. The van der Waals surface area contributed by atoms with E-state index in [1.54, 1.807) is 13.4 Å². The van der Waals surface area contributed by atoms with Gasteiger partial charge >= 0.3 is 0 Å². The predicted molar refractivity (Wildman–Crippen MR) is 85.9 cm³/mol. The quantitative estimate of drug-likeness (QED) is 0.533. The van der Waals surface area contributed by atoms with E-state index < -0.39 is 0 Å². The number of rotatable bonds is 6. The van der Waals surface area contributed by atoms with Crippen LogP contribution in [0.2, 0.25) is 0 Å². The number of nitrogens with zero attached hydrogens (tertiary/aromatic N) is 1. The van der Waals surface area contributed by atoms with Gasteiger partial charge in [-0.3, -0.25) is 0 Å². The van der Waals surface area contributed by atoms with Crippen LogP contribution in [0.25, 0.3) is 0 Å². The molecule has 0 amide bonds. The van der Waals surface area contributed by atoms with Crippen LogP contribution in [0.5, 0.6) is 0 Å². The largest absolute Gasteiger partial charge is 0.505 e. The minimum Gasteiger partial charge on any atom is -0.505 e. The van der Waals surface area contributed by atoms with E-state index in [2.05, 4.69) is 24.3 Å². The van der Waals surface area contributed by atoms with Crippen molar-refractivity contribution in [1.29, 1.82) is 5.26 Å². The van der Waals surface area contributed by atoms with E-state index in [-0.39, 0.29) is 0 Å². The number of allylic oxidation sites excluding steroid dienone is 1. The zero-order chi connectivity index (χ0) is 14.9. The monoisotopic (exact) mass is 283 g/mol. The molecule has 0 aromatic heterocycles. The van der Waals surface area contributed by atoms with Gasteiger partial charge in [0.15, 0.2) is 0 Å². The maximum atomic E-state index is 8.85. The molecule has 112 valence electrons. The van der Waals surface area contributed by atoms with E-state index in [1.807, 2.05) is 12.1 Å². The molecule has 0 unspecified atom stereocenters. The van der Waals surface area contributed by atoms with Crippen molar-refractivity contribution in [3.63, 3.8) is 0 Å². The highest BCUT2D eigenvalue weighted by Crippen LogP contribution is 2.37. The Bertz CT molecular complexity index is 475. The maximum absolute atomic E-state index is 8.85. The second-order valence-corrected chi connectivity index (χ2v) is 5.99. The molecule has 1 saturated carbocycles. The van der Waals surface area contributed by atoms with Crippen molar-refractivity contribution in [2.45, 2.75) is 50.9 Å². The summed E-state index contributed by atoms with van der Waals surface area (Å²) in [6.07, 6.45) is 12.9. The first kappa shape index (κ1) is 15.6. The zero-order valence-electron chi connectivity index (χ0n) is 12.9. The van der Waals surface area contributed by atoms with Crippen LogP contribution in [-0.4, -0.2) is 7.11 Å². The summed E-state index contributed by atoms with van der Waals surface area (Å²) >= 11 is 0. The van der Waals surface area contributed by atoms with Gasteiger partial charge in [-0.15, -0.1) is 0 Å². The van der Waals surface area contributed by atoms with Crippen molar-refractivity contribution in [3.05, 3.63) is 47.7 Å². The van der Waals surface area contributed by atoms with Crippen LogP contribution in [0, 0.1) is 17.2 Å². The second kappa shape index (κ2) is 8.52. The lowest BCUT2D eigenvalue weighted by molar-refractivity contribution is 0.304. The van der Waals surface area contributed by atoms with Crippen LogP contribution >= 0.6 is 0 Å². The maximum Gasteiger partial charge on any atom is 0.0991 e. The molecular formula is C19H25NO. The van der Waals surface area contributed by atoms with E-state index in [9.17, 15) is 0 Å². The van der Waals surface area contributed by atoms with Crippen LogP contribution in [0.1, 0.15) is 62.0 Å². The molecule has 0 heterocycles. The first-order valence-corrected chi connectivity index (χ1v) is 8.01. The third kappa shape index (κ3) is 4.93. The van der Waals surface area contributed by atoms with Crippen molar-refractivity contribution >= 4 is 0 Å². The molecule has 1 aromatic rings. The number of ether oxygens (including phenoxy) is 1. The summed E-state index contributed by atoms with van der Waals surface area (Å²) in [4.78, 5) is 0. The third-order valence-electron chi connectivity index (χ3n) is 4.57. The van der Waals surface area contributed by atoms with Gasteiger partial charge in [0.2, 0.25) is 0 Å². The number of hydrogen-bond donors (Lipinski definition) is 0. The third-order valence-corrected chi connectivity index (χ3v) is 4.57. The molecule has 2 rings (SSSR count). The molecule has 0 saturated heterocycles. The van der Waals surface area contributed by atoms with Gasteiger partial charge in [-0.2, -0.15) is 5.26 Å². The van der Waals surface area contributed by atoms with E-state index in [0.717, 1.165) is 17.9 Å². The highest BCUT2D eigenvalue weighted by atomic mass is 16.5. The molecule has 0 atom stereocenters. The Morgan fingerprint density at radius 2 is 1.90 bits per heavy atom. The van der Waals surface area contributed by atoms with E-state index >= 15 is 0 Å². The molecular weight excluding hydrogens is 258 g/mol. The first-order valence-electron chi connectivity index (χ1n) is 8.01. The van der Waals surface area contributed by atoms with Crippen molar-refractivity contribution in [3.8, 4) is 6.07 Å². The van der Waals surface area contributed by atoms with Crippen molar-refractivity contribution in [2.24, 2.45) is 5.92 Å². The molecule has 2 heteroatoms. The summed E-state index contributed by atoms with van der Waals surface area (Å²) < 4.78 is 4.91. The van der Waals surface area contributed by atoms with Crippen molar-refractivity contribution in [2.75, 3.05) is 7.11 Å². The van der Waals surface area contributed by atoms with E-state index in [4.69, 9.17) is 10.00 Å². The summed E-state index contributed by atoms with van der Waals surface area (Å²) in [5, 5.41) is 8.85. The van der Waals surface area contributed by atoms with Gasteiger partial charge in [-0.05, 0) is 74.1 Å². The minimum atomic E-state index is 0.697. The normalized spacial score (nSPS) is 22.1. The van der Waals surface area contributed by atoms with Gasteiger partial charge in [0, 0.05) is 0 Å². The molecule has 2 nitrogen and oxygen atoms in total. The lowest BCUT2D eigenvalue weighted by Gasteiger charge is -2.28. The number of benzene rings is 1. The van der Waals surface area contributed by atoms with Gasteiger partial charge in [-0.1, -0.05) is 18.6 Å². The van der Waals surface area contributed by atoms with Crippen LogP contribution in [-0.2, 0) is 4.74 Å². The van der Waals surface area contributed by atoms with Gasteiger partial charge in [-0.25, -0.2) is 0 Å². The highest BCUT2D eigenvalue weighted by Gasteiger charge is 2.21. The Kier molecular flexibility index (Phi) is 6.34. The first-order chi connectivity index (χ1) is 10.3. The zero-order valence-corrected chi connectivity index (χ0v) is 12.9. The van der Waals surface area contributed by atoms with Crippen LogP contribution in [0.15, 0.2) is 36.6 Å². The van der Waals surface area contributed by atoms with Crippen LogP contribution in [0.4, 0.5) is 0 Å². The molecule has 1 fully saturated rings. The van der Waals surface area contributed by atoms with Crippen molar-refractivity contribution in [1.82, 2.24) is 0 Å². The molecule has 1 aromatic carbocycles. The molecule has 0 radical (unpaired) electrons. The lowest BCUT2D eigenvalue weighted by Crippen LogP contribution is -2.13. The fraction of sp³-hybridized carbons (Fsp3) is 0.526. The van der Waals surface area contributed by atoms with E-state index in [0.29, 0.717) is 5.92 Å². The van der Waals surface area contributed by atoms with Gasteiger partial charge in [0.05, 0.1) is 25.0 Å². The topological polar surface area (TPSA) is 33.0 Å². The Labute approximate surface area is 128 Å². The average Bonchev–Trinajstić information content (AvgIpc) is 2.55. The van der Waals surface area contributed by atoms with Gasteiger partial charge in [0.1, 0.15) is 0 Å². The fourth-order valence-corrected chi connectivity index (χ4v) is 3.30. The summed E-state index contributed by atoms with van der Waals surface area (Å²) in [7, 11) is 1.70. The minimum absolute atomic E-state index is 0.697. The standard InChI is InChI=1S/C19H25NO/c1-21-14-4-2-3-5-16-6-10-18(11-7-16)19-12-8-17(15-20)9-13-19/h4,8-9,12-14,16,18H,2-3,5-7,10-11H2,1H3/t16-,18-. The second-order valence-electron chi connectivity index (χ2n) is 5.99. The molecule has 0 bridgehead atoms. The summed E-state index contributed by atoms with van der Waals surface area (Å²) in [6.45, 7) is 0. The van der Waals surface area contributed by atoms with Gasteiger partial charge in [0.25, 0.3) is 0 Å². The Morgan fingerprint density at radius 1 is 1.19 bits per heavy atom. The summed E-state index contributed by atoms with van der Waals surface area (Å²) in [6, 6.07) is 10.4. The van der Waals surface area contributed by atoms with Gasteiger partial charge < -0.3 is 4.74 Å². The van der Waals surface area contributed by atoms with Crippen LogP contribution in [0.3, 0.4) is 0 Å². The molecule has 1 aliphatic carbocycles. The molecule has 0 aliphatic heterocycles. The average molecular weight is 283 g/mol. The number of methoxy groups -OCH3 is 1. The summed E-state index contributed by atoms with van der Waals surface area (Å²) in [5.74, 6) is 1.60. The Hall–Kier alpha value is -1.75. The molecule has 0 spiro atoms. The Balaban J connectivity index is 1.72. The smallest absolute Gasteiger partial charge is 0.0991 e.